The predicted molar refractivity (Wildman–Crippen MR) is 91.2 cm³/mol. The molecular formula is C15H19Cl2FN2S. The van der Waals surface area contributed by atoms with Gasteiger partial charge in [-0.25, -0.2) is 9.37 Å². The standard InChI is InChI=1S/C15H19Cl2FN2S/c1-10(16)15-19-13-8-11(17)12(18)9-14(13)20(15)6-4-3-5-7-21-2/h8-10H,3-7H2,1-2H3. The highest BCUT2D eigenvalue weighted by atomic mass is 35.5. The number of imidazole rings is 1. The lowest BCUT2D eigenvalue weighted by Gasteiger charge is -2.10. The van der Waals surface area contributed by atoms with Crippen molar-refractivity contribution >= 4 is 46.0 Å². The third-order valence-corrected chi connectivity index (χ3v) is 4.59. The zero-order valence-corrected chi connectivity index (χ0v) is 14.5. The fourth-order valence-electron chi connectivity index (χ4n) is 2.37. The van der Waals surface area contributed by atoms with Crippen molar-refractivity contribution in [2.45, 2.75) is 38.1 Å². The molecule has 0 saturated carbocycles. The molecule has 0 saturated heterocycles. The van der Waals surface area contributed by atoms with E-state index in [4.69, 9.17) is 23.2 Å². The van der Waals surface area contributed by atoms with Crippen LogP contribution in [0.2, 0.25) is 5.02 Å². The van der Waals surface area contributed by atoms with E-state index in [1.165, 1.54) is 18.2 Å². The number of rotatable bonds is 7. The van der Waals surface area contributed by atoms with Crippen LogP contribution in [0.5, 0.6) is 0 Å². The monoisotopic (exact) mass is 348 g/mol. The molecule has 2 nitrogen and oxygen atoms in total. The SMILES string of the molecule is CSCCCCCn1c(C(C)Cl)nc2cc(Cl)c(F)cc21. The van der Waals surface area contributed by atoms with Gasteiger partial charge in [0.25, 0.3) is 0 Å². The van der Waals surface area contributed by atoms with Crippen molar-refractivity contribution in [3.63, 3.8) is 0 Å². The molecule has 2 aromatic rings. The van der Waals surface area contributed by atoms with Gasteiger partial charge in [-0.15, -0.1) is 11.6 Å². The molecule has 0 N–H and O–H groups in total. The fourth-order valence-corrected chi connectivity index (χ4v) is 3.19. The summed E-state index contributed by atoms with van der Waals surface area (Å²) in [5, 5.41) is -0.119. The Morgan fingerprint density at radius 3 is 2.76 bits per heavy atom. The number of halogens is 3. The molecule has 0 aliphatic heterocycles. The van der Waals surface area contributed by atoms with Crippen molar-refractivity contribution in [1.82, 2.24) is 9.55 Å². The summed E-state index contributed by atoms with van der Waals surface area (Å²) in [6.45, 7) is 2.68. The quantitative estimate of drug-likeness (QED) is 0.474. The van der Waals surface area contributed by atoms with Gasteiger partial charge in [0.1, 0.15) is 11.6 Å². The van der Waals surface area contributed by atoms with E-state index < -0.39 is 5.82 Å². The highest BCUT2D eigenvalue weighted by Gasteiger charge is 2.16. The Hall–Kier alpha value is -0.450. The van der Waals surface area contributed by atoms with Gasteiger partial charge in [-0.1, -0.05) is 18.0 Å². The van der Waals surface area contributed by atoms with Gasteiger partial charge in [-0.05, 0) is 37.8 Å². The third kappa shape index (κ3) is 4.05. The number of hydrogen-bond acceptors (Lipinski definition) is 2. The maximum atomic E-state index is 13.7. The molecule has 0 bridgehead atoms. The van der Waals surface area contributed by atoms with Gasteiger partial charge in [-0.2, -0.15) is 11.8 Å². The molecule has 1 aromatic carbocycles. The Labute approximate surface area is 139 Å². The minimum absolute atomic E-state index is 0.0981. The number of aromatic nitrogens is 2. The van der Waals surface area contributed by atoms with Crippen molar-refractivity contribution in [3.05, 3.63) is 28.8 Å². The van der Waals surface area contributed by atoms with Crippen molar-refractivity contribution < 1.29 is 4.39 Å². The topological polar surface area (TPSA) is 17.8 Å². The summed E-state index contributed by atoms with van der Waals surface area (Å²) in [4.78, 5) is 4.50. The van der Waals surface area contributed by atoms with Gasteiger partial charge < -0.3 is 4.57 Å². The Morgan fingerprint density at radius 2 is 2.10 bits per heavy atom. The molecule has 116 valence electrons. The lowest BCUT2D eigenvalue weighted by Crippen LogP contribution is -2.05. The van der Waals surface area contributed by atoms with Crippen LogP contribution in [0, 0.1) is 5.82 Å². The molecule has 1 unspecified atom stereocenters. The van der Waals surface area contributed by atoms with Gasteiger partial charge in [0.05, 0.1) is 21.4 Å². The fraction of sp³-hybridized carbons (Fsp3) is 0.533. The second kappa shape index (κ2) is 7.70. The summed E-state index contributed by atoms with van der Waals surface area (Å²) in [6.07, 6.45) is 5.49. The van der Waals surface area contributed by atoms with Crippen LogP contribution in [0.25, 0.3) is 11.0 Å². The first kappa shape index (κ1) is 16.9. The number of unbranched alkanes of at least 4 members (excludes halogenated alkanes) is 2. The van der Waals surface area contributed by atoms with E-state index in [1.54, 1.807) is 6.07 Å². The largest absolute Gasteiger partial charge is 0.327 e. The van der Waals surface area contributed by atoms with Crippen molar-refractivity contribution in [2.75, 3.05) is 12.0 Å². The maximum absolute atomic E-state index is 13.7. The number of nitrogens with zero attached hydrogens (tertiary/aromatic N) is 2. The van der Waals surface area contributed by atoms with Crippen LogP contribution in [-0.2, 0) is 6.54 Å². The lowest BCUT2D eigenvalue weighted by molar-refractivity contribution is 0.590. The zero-order valence-electron chi connectivity index (χ0n) is 12.2. The predicted octanol–water partition coefficient (Wildman–Crippen LogP) is 5.66. The Kier molecular flexibility index (Phi) is 6.20. The van der Waals surface area contributed by atoms with E-state index >= 15 is 0 Å². The molecule has 0 spiro atoms. The molecule has 0 radical (unpaired) electrons. The van der Waals surface area contributed by atoms with Gasteiger partial charge in [-0.3, -0.25) is 0 Å². The van der Waals surface area contributed by atoms with Gasteiger partial charge >= 0.3 is 0 Å². The first-order valence-electron chi connectivity index (χ1n) is 7.02. The van der Waals surface area contributed by atoms with Crippen LogP contribution >= 0.6 is 35.0 Å². The van der Waals surface area contributed by atoms with Crippen LogP contribution in [0.15, 0.2) is 12.1 Å². The molecule has 1 atom stereocenters. The Bertz CT molecular complexity index is 613. The van der Waals surface area contributed by atoms with Crippen LogP contribution in [0.3, 0.4) is 0 Å². The van der Waals surface area contributed by atoms with Crippen molar-refractivity contribution in [1.29, 1.82) is 0 Å². The first-order valence-corrected chi connectivity index (χ1v) is 9.23. The molecular weight excluding hydrogens is 330 g/mol. The van der Waals surface area contributed by atoms with E-state index in [0.717, 1.165) is 30.7 Å². The van der Waals surface area contributed by atoms with Crippen LogP contribution in [0.4, 0.5) is 4.39 Å². The molecule has 2 rings (SSSR count). The summed E-state index contributed by atoms with van der Waals surface area (Å²) in [7, 11) is 0. The summed E-state index contributed by atoms with van der Waals surface area (Å²) >= 11 is 13.9. The molecule has 21 heavy (non-hydrogen) atoms. The van der Waals surface area contributed by atoms with Gasteiger partial charge in [0.15, 0.2) is 0 Å². The number of hydrogen-bond donors (Lipinski definition) is 0. The Morgan fingerprint density at radius 1 is 1.33 bits per heavy atom. The molecule has 1 aromatic heterocycles. The minimum atomic E-state index is -0.415. The highest BCUT2D eigenvalue weighted by molar-refractivity contribution is 7.98. The van der Waals surface area contributed by atoms with Crippen LogP contribution < -0.4 is 0 Å². The smallest absolute Gasteiger partial charge is 0.144 e. The lowest BCUT2D eigenvalue weighted by atomic mass is 10.2. The minimum Gasteiger partial charge on any atom is -0.327 e. The normalized spacial score (nSPS) is 13.0. The summed E-state index contributed by atoms with van der Waals surface area (Å²) < 4.78 is 15.7. The second-order valence-corrected chi connectivity index (χ2v) is 7.09. The summed E-state index contributed by atoms with van der Waals surface area (Å²) in [5.41, 5.74) is 1.47. The molecule has 0 amide bonds. The number of aryl methyl sites for hydroxylation is 1. The highest BCUT2D eigenvalue weighted by Crippen LogP contribution is 2.28. The molecule has 1 heterocycles. The Balaban J connectivity index is 2.26. The van der Waals surface area contributed by atoms with Crippen LogP contribution in [-0.4, -0.2) is 21.6 Å². The van der Waals surface area contributed by atoms with E-state index in [2.05, 4.69) is 11.2 Å². The average molecular weight is 349 g/mol. The van der Waals surface area contributed by atoms with Gasteiger partial charge in [0, 0.05) is 12.6 Å². The van der Waals surface area contributed by atoms with Crippen molar-refractivity contribution in [3.8, 4) is 0 Å². The van der Waals surface area contributed by atoms with Gasteiger partial charge in [0.2, 0.25) is 0 Å². The summed E-state index contributed by atoms with van der Waals surface area (Å²) in [6, 6.07) is 3.02. The number of fused-ring (bicyclic) bond motifs is 1. The summed E-state index contributed by atoms with van der Waals surface area (Å²) in [5.74, 6) is 1.54. The molecule has 0 fully saturated rings. The van der Waals surface area contributed by atoms with Crippen molar-refractivity contribution in [2.24, 2.45) is 0 Å². The maximum Gasteiger partial charge on any atom is 0.144 e. The van der Waals surface area contributed by atoms with E-state index in [1.807, 2.05) is 23.3 Å². The third-order valence-electron chi connectivity index (χ3n) is 3.41. The molecule has 6 heteroatoms. The average Bonchev–Trinajstić information content (AvgIpc) is 2.77. The number of alkyl halides is 1. The van der Waals surface area contributed by atoms with Crippen LogP contribution in [0.1, 0.15) is 37.4 Å². The van der Waals surface area contributed by atoms with E-state index in [0.29, 0.717) is 5.52 Å². The first-order chi connectivity index (χ1) is 10.0. The molecule has 0 aliphatic rings. The number of benzene rings is 1. The zero-order chi connectivity index (χ0) is 15.4. The van der Waals surface area contributed by atoms with E-state index in [-0.39, 0.29) is 10.4 Å². The molecule has 0 aliphatic carbocycles. The number of thioether (sulfide) groups is 1. The second-order valence-electron chi connectivity index (χ2n) is 5.05. The van der Waals surface area contributed by atoms with E-state index in [9.17, 15) is 4.39 Å².